The first kappa shape index (κ1) is 22.2. The van der Waals surface area contributed by atoms with Crippen LogP contribution in [0.3, 0.4) is 0 Å². The predicted molar refractivity (Wildman–Crippen MR) is 120 cm³/mol. The smallest absolute Gasteiger partial charge is 0.251 e. The van der Waals surface area contributed by atoms with Gasteiger partial charge >= 0.3 is 0 Å². The monoisotopic (exact) mass is 411 g/mol. The van der Waals surface area contributed by atoms with Crippen LogP contribution in [0, 0.1) is 0 Å². The van der Waals surface area contributed by atoms with Crippen molar-refractivity contribution in [1.82, 2.24) is 20.1 Å². The fourth-order valence-corrected chi connectivity index (χ4v) is 3.62. The van der Waals surface area contributed by atoms with E-state index in [2.05, 4.69) is 44.4 Å². The summed E-state index contributed by atoms with van der Waals surface area (Å²) in [4.78, 5) is 23.3. The molecule has 0 bridgehead atoms. The molecule has 0 fully saturated rings. The van der Waals surface area contributed by atoms with Crippen LogP contribution in [0.1, 0.15) is 21.5 Å². The van der Waals surface area contributed by atoms with Crippen LogP contribution in [-0.4, -0.2) is 85.8 Å². The van der Waals surface area contributed by atoms with E-state index in [9.17, 15) is 9.90 Å². The Labute approximate surface area is 179 Å². The maximum absolute atomic E-state index is 12.6. The number of nitrogens with one attached hydrogen (secondary N) is 1. The number of aliphatic hydroxyl groups is 1. The summed E-state index contributed by atoms with van der Waals surface area (Å²) in [5, 5.41) is 13.3. The van der Waals surface area contributed by atoms with Crippen molar-refractivity contribution >= 4 is 11.7 Å². The van der Waals surface area contributed by atoms with Gasteiger partial charge in [0.1, 0.15) is 5.82 Å². The van der Waals surface area contributed by atoms with Gasteiger partial charge in [0.25, 0.3) is 5.91 Å². The van der Waals surface area contributed by atoms with Gasteiger partial charge in [-0.1, -0.05) is 24.3 Å². The van der Waals surface area contributed by atoms with E-state index in [-0.39, 0.29) is 12.5 Å². The number of hydrogen-bond donors (Lipinski definition) is 2. The molecule has 7 nitrogen and oxygen atoms in total. The third-order valence-electron chi connectivity index (χ3n) is 5.46. The molecule has 2 heterocycles. The average Bonchev–Trinajstić information content (AvgIpc) is 2.75. The van der Waals surface area contributed by atoms with E-state index in [4.69, 9.17) is 0 Å². The summed E-state index contributed by atoms with van der Waals surface area (Å²) in [6, 6.07) is 11.9. The number of likely N-dealkylation sites (N-methyl/N-ethyl adjacent to an activating group) is 2. The zero-order chi connectivity index (χ0) is 21.5. The summed E-state index contributed by atoms with van der Waals surface area (Å²) in [5.74, 6) is 0.569. The highest BCUT2D eigenvalue weighted by Crippen LogP contribution is 2.18. The van der Waals surface area contributed by atoms with Gasteiger partial charge in [-0.3, -0.25) is 9.69 Å². The molecule has 1 unspecified atom stereocenters. The van der Waals surface area contributed by atoms with E-state index in [1.807, 2.05) is 26.0 Å². The number of β-amino-alcohol motifs (C(OH)–C–C–N with tert-alkyl or cyclic N) is 1. The highest BCUT2D eigenvalue weighted by atomic mass is 16.3. The second-order valence-corrected chi connectivity index (χ2v) is 8.25. The van der Waals surface area contributed by atoms with Gasteiger partial charge in [-0.25, -0.2) is 4.98 Å². The van der Waals surface area contributed by atoms with Crippen molar-refractivity contribution in [2.24, 2.45) is 0 Å². The molecule has 3 rings (SSSR count). The van der Waals surface area contributed by atoms with Crippen LogP contribution in [0.25, 0.3) is 0 Å². The van der Waals surface area contributed by atoms with Crippen LogP contribution in [0.5, 0.6) is 0 Å². The van der Waals surface area contributed by atoms with Crippen LogP contribution in [0.4, 0.5) is 5.82 Å². The molecular weight excluding hydrogens is 378 g/mol. The second-order valence-electron chi connectivity index (χ2n) is 8.25. The summed E-state index contributed by atoms with van der Waals surface area (Å²) in [7, 11) is 6.02. The lowest BCUT2D eigenvalue weighted by Crippen LogP contribution is -2.42. The molecule has 1 atom stereocenters. The number of nitrogens with zero attached hydrogens (tertiary/aromatic N) is 4. The van der Waals surface area contributed by atoms with Crippen molar-refractivity contribution in [3.8, 4) is 0 Å². The molecule has 1 aromatic heterocycles. The third-order valence-corrected chi connectivity index (χ3v) is 5.46. The minimum absolute atomic E-state index is 0.192. The molecule has 0 radical (unpaired) electrons. The fraction of sp³-hybridized carbons (Fsp3) is 0.478. The van der Waals surface area contributed by atoms with Crippen LogP contribution >= 0.6 is 0 Å². The minimum atomic E-state index is -0.608. The molecule has 2 aromatic rings. The molecule has 1 aromatic carbocycles. The molecular formula is C23H33N5O2. The highest BCUT2D eigenvalue weighted by Gasteiger charge is 2.19. The van der Waals surface area contributed by atoms with E-state index < -0.39 is 6.10 Å². The van der Waals surface area contributed by atoms with E-state index >= 15 is 0 Å². The van der Waals surface area contributed by atoms with Gasteiger partial charge in [0, 0.05) is 58.1 Å². The topological polar surface area (TPSA) is 71.9 Å². The van der Waals surface area contributed by atoms with Gasteiger partial charge in [-0.05, 0) is 43.8 Å². The lowest BCUT2D eigenvalue weighted by atomic mass is 10.00. The Bertz CT molecular complexity index is 842. The van der Waals surface area contributed by atoms with Gasteiger partial charge in [-0.15, -0.1) is 0 Å². The molecule has 7 heteroatoms. The summed E-state index contributed by atoms with van der Waals surface area (Å²) >= 11 is 0. The van der Waals surface area contributed by atoms with Gasteiger partial charge < -0.3 is 20.2 Å². The minimum Gasteiger partial charge on any atom is -0.390 e. The molecule has 30 heavy (non-hydrogen) atoms. The SMILES string of the molecule is CN(C)CCN(C)c1cc(C(=O)NCC(O)CN2CCc3ccccc3C2)ccn1. The molecule has 1 aliphatic heterocycles. The Hall–Kier alpha value is -2.48. The number of aromatic nitrogens is 1. The van der Waals surface area contributed by atoms with Crippen LogP contribution in [-0.2, 0) is 13.0 Å². The maximum Gasteiger partial charge on any atom is 0.251 e. The van der Waals surface area contributed by atoms with E-state index in [1.165, 1.54) is 11.1 Å². The summed E-state index contributed by atoms with van der Waals surface area (Å²) in [5.41, 5.74) is 3.26. The second kappa shape index (κ2) is 10.5. The van der Waals surface area contributed by atoms with Crippen LogP contribution in [0.15, 0.2) is 42.6 Å². The highest BCUT2D eigenvalue weighted by molar-refractivity contribution is 5.94. The van der Waals surface area contributed by atoms with Crippen LogP contribution < -0.4 is 10.2 Å². The first-order valence-electron chi connectivity index (χ1n) is 10.5. The van der Waals surface area contributed by atoms with Crippen LogP contribution in [0.2, 0.25) is 0 Å². The molecule has 1 aliphatic rings. The van der Waals surface area contributed by atoms with Gasteiger partial charge in [-0.2, -0.15) is 0 Å². The lowest BCUT2D eigenvalue weighted by molar-refractivity contribution is 0.0842. The first-order chi connectivity index (χ1) is 14.4. The molecule has 0 aliphatic carbocycles. The van der Waals surface area contributed by atoms with Crippen molar-refractivity contribution in [2.45, 2.75) is 19.1 Å². The lowest BCUT2D eigenvalue weighted by Gasteiger charge is -2.30. The van der Waals surface area contributed by atoms with Gasteiger partial charge in [0.2, 0.25) is 0 Å². The Morgan fingerprint density at radius 3 is 2.73 bits per heavy atom. The quantitative estimate of drug-likeness (QED) is 0.647. The van der Waals surface area contributed by atoms with Gasteiger partial charge in [0.05, 0.1) is 6.10 Å². The number of carbonyl (C=O) groups is 1. The Kier molecular flexibility index (Phi) is 7.79. The Morgan fingerprint density at radius 1 is 1.20 bits per heavy atom. The normalized spacial score (nSPS) is 15.0. The number of anilines is 1. The number of aliphatic hydroxyl groups excluding tert-OH is 1. The molecule has 0 saturated carbocycles. The number of benzene rings is 1. The Balaban J connectivity index is 1.47. The molecule has 2 N–H and O–H groups in total. The van der Waals surface area contributed by atoms with E-state index in [0.29, 0.717) is 12.1 Å². The van der Waals surface area contributed by atoms with Crippen molar-refractivity contribution in [3.05, 3.63) is 59.3 Å². The average molecular weight is 412 g/mol. The van der Waals surface area contributed by atoms with Crippen molar-refractivity contribution in [3.63, 3.8) is 0 Å². The first-order valence-corrected chi connectivity index (χ1v) is 10.5. The fourth-order valence-electron chi connectivity index (χ4n) is 3.62. The zero-order valence-electron chi connectivity index (χ0n) is 18.2. The number of carbonyl (C=O) groups excluding carboxylic acids is 1. The standard InChI is InChI=1S/C23H33N5O2/c1-26(2)12-13-27(3)22-14-19(8-10-24-22)23(30)25-15-21(29)17-28-11-9-18-6-4-5-7-20(18)16-28/h4-8,10,14,21,29H,9,11-13,15-17H2,1-3H3,(H,25,30). The van der Waals surface area contributed by atoms with E-state index in [1.54, 1.807) is 18.3 Å². The molecule has 0 spiro atoms. The van der Waals surface area contributed by atoms with E-state index in [0.717, 1.165) is 38.4 Å². The van der Waals surface area contributed by atoms with Crippen molar-refractivity contribution < 1.29 is 9.90 Å². The summed E-state index contributed by atoms with van der Waals surface area (Å²) in [6.07, 6.45) is 2.04. The predicted octanol–water partition coefficient (Wildman–Crippen LogP) is 1.23. The maximum atomic E-state index is 12.6. The number of amides is 1. The molecule has 0 saturated heterocycles. The molecule has 1 amide bonds. The summed E-state index contributed by atoms with van der Waals surface area (Å²) < 4.78 is 0. The van der Waals surface area contributed by atoms with Crippen molar-refractivity contribution in [2.75, 3.05) is 58.8 Å². The summed E-state index contributed by atoms with van der Waals surface area (Å²) in [6.45, 7) is 4.27. The third kappa shape index (κ3) is 6.26. The molecule has 162 valence electrons. The zero-order valence-corrected chi connectivity index (χ0v) is 18.2. The number of hydrogen-bond acceptors (Lipinski definition) is 6. The van der Waals surface area contributed by atoms with Crippen molar-refractivity contribution in [1.29, 1.82) is 0 Å². The number of pyridine rings is 1. The van der Waals surface area contributed by atoms with Gasteiger partial charge in [0.15, 0.2) is 0 Å². The largest absolute Gasteiger partial charge is 0.390 e. The number of fused-ring (bicyclic) bond motifs is 1. The Morgan fingerprint density at radius 2 is 1.97 bits per heavy atom. The number of rotatable bonds is 9.